The van der Waals surface area contributed by atoms with Crippen molar-refractivity contribution in [2.75, 3.05) is 38.2 Å². The van der Waals surface area contributed by atoms with E-state index in [0.717, 1.165) is 50.1 Å². The average molecular weight is 370 g/mol. The van der Waals surface area contributed by atoms with Crippen molar-refractivity contribution >= 4 is 11.7 Å². The van der Waals surface area contributed by atoms with Gasteiger partial charge in [-0.3, -0.25) is 4.79 Å². The highest BCUT2D eigenvalue weighted by Crippen LogP contribution is 2.35. The van der Waals surface area contributed by atoms with E-state index in [9.17, 15) is 4.79 Å². The fourth-order valence-corrected chi connectivity index (χ4v) is 3.82. The number of hydrogen-bond donors (Lipinski definition) is 1. The minimum Gasteiger partial charge on any atom is -0.497 e. The highest BCUT2D eigenvalue weighted by atomic mass is 16.5. The minimum atomic E-state index is -0.0177. The first kappa shape index (κ1) is 17.9. The summed E-state index contributed by atoms with van der Waals surface area (Å²) in [5.41, 5.74) is 7.40. The molecule has 144 valence electrons. The monoisotopic (exact) mass is 370 g/mol. The molecular formula is C20H26N4O3. The third-order valence-corrected chi connectivity index (χ3v) is 5.47. The lowest BCUT2D eigenvalue weighted by Crippen LogP contribution is -2.43. The summed E-state index contributed by atoms with van der Waals surface area (Å²) in [6.07, 6.45) is 3.87. The number of aromatic nitrogens is 1. The van der Waals surface area contributed by atoms with Crippen LogP contribution in [0.1, 0.15) is 36.0 Å². The maximum absolute atomic E-state index is 13.4. The van der Waals surface area contributed by atoms with Crippen molar-refractivity contribution in [2.24, 2.45) is 5.73 Å². The Kier molecular flexibility index (Phi) is 5.03. The number of rotatable bonds is 4. The number of anilines is 1. The van der Waals surface area contributed by atoms with Gasteiger partial charge in [-0.05, 0) is 49.9 Å². The van der Waals surface area contributed by atoms with Crippen molar-refractivity contribution in [3.63, 3.8) is 0 Å². The van der Waals surface area contributed by atoms with E-state index >= 15 is 0 Å². The molecule has 2 fully saturated rings. The molecule has 1 amide bonds. The molecule has 0 atom stereocenters. The molecule has 27 heavy (non-hydrogen) atoms. The van der Waals surface area contributed by atoms with E-state index in [1.807, 2.05) is 29.2 Å². The largest absolute Gasteiger partial charge is 0.497 e. The van der Waals surface area contributed by atoms with Crippen LogP contribution in [-0.2, 0) is 0 Å². The number of nitrogens with zero attached hydrogens (tertiary/aromatic N) is 3. The molecule has 0 aliphatic carbocycles. The summed E-state index contributed by atoms with van der Waals surface area (Å²) in [7, 11) is 1.63. The molecule has 2 saturated heterocycles. The second kappa shape index (κ2) is 7.60. The lowest BCUT2D eigenvalue weighted by atomic mass is 10.0. The standard InChI is InChI=1S/C20H26N4O3/c1-26-16-6-4-14(5-7-16)18-17(19(22-27-18)23-10-2-3-11-23)20(25)24-12-8-15(21)9-13-24/h4-7,15H,2-3,8-13,21H2,1H3. The maximum Gasteiger partial charge on any atom is 0.261 e. The highest BCUT2D eigenvalue weighted by Gasteiger charge is 2.33. The zero-order valence-electron chi connectivity index (χ0n) is 15.7. The van der Waals surface area contributed by atoms with Crippen molar-refractivity contribution in [1.82, 2.24) is 10.1 Å². The van der Waals surface area contributed by atoms with Crippen LogP contribution in [0.2, 0.25) is 0 Å². The van der Waals surface area contributed by atoms with Gasteiger partial charge >= 0.3 is 0 Å². The van der Waals surface area contributed by atoms with E-state index in [-0.39, 0.29) is 11.9 Å². The molecule has 1 aromatic heterocycles. The second-order valence-electron chi connectivity index (χ2n) is 7.26. The highest BCUT2D eigenvalue weighted by molar-refractivity contribution is 6.04. The molecule has 0 radical (unpaired) electrons. The molecule has 7 heteroatoms. The molecule has 2 aliphatic rings. The molecular weight excluding hydrogens is 344 g/mol. The third-order valence-electron chi connectivity index (χ3n) is 5.47. The first-order chi connectivity index (χ1) is 13.2. The Morgan fingerprint density at radius 2 is 1.81 bits per heavy atom. The molecule has 0 saturated carbocycles. The van der Waals surface area contributed by atoms with Gasteiger partial charge in [0.15, 0.2) is 11.6 Å². The Labute approximate surface area is 159 Å². The summed E-state index contributed by atoms with van der Waals surface area (Å²) < 4.78 is 10.9. The van der Waals surface area contributed by atoms with E-state index in [4.69, 9.17) is 15.0 Å². The number of amides is 1. The molecule has 3 heterocycles. The van der Waals surface area contributed by atoms with Crippen molar-refractivity contribution in [1.29, 1.82) is 0 Å². The van der Waals surface area contributed by atoms with Gasteiger partial charge in [-0.25, -0.2) is 0 Å². The van der Waals surface area contributed by atoms with Crippen LogP contribution in [0, 0.1) is 0 Å². The molecule has 2 aromatic rings. The second-order valence-corrected chi connectivity index (χ2v) is 7.26. The smallest absolute Gasteiger partial charge is 0.261 e. The Hall–Kier alpha value is -2.54. The van der Waals surface area contributed by atoms with Gasteiger partial charge in [0.1, 0.15) is 11.3 Å². The molecule has 4 rings (SSSR count). The lowest BCUT2D eigenvalue weighted by Gasteiger charge is -2.30. The Bertz CT molecular complexity index is 788. The summed E-state index contributed by atoms with van der Waals surface area (Å²) >= 11 is 0. The van der Waals surface area contributed by atoms with Gasteiger partial charge in [0.2, 0.25) is 0 Å². The number of carbonyl (C=O) groups excluding carboxylic acids is 1. The Balaban J connectivity index is 1.71. The number of hydrogen-bond acceptors (Lipinski definition) is 6. The van der Waals surface area contributed by atoms with Gasteiger partial charge in [-0.2, -0.15) is 0 Å². The van der Waals surface area contributed by atoms with Gasteiger partial charge in [0.25, 0.3) is 5.91 Å². The summed E-state index contributed by atoms with van der Waals surface area (Å²) in [4.78, 5) is 17.4. The Morgan fingerprint density at radius 1 is 1.15 bits per heavy atom. The molecule has 0 bridgehead atoms. The quantitative estimate of drug-likeness (QED) is 0.890. The fraction of sp³-hybridized carbons (Fsp3) is 0.500. The number of methoxy groups -OCH3 is 1. The molecule has 0 spiro atoms. The van der Waals surface area contributed by atoms with Gasteiger partial charge in [0, 0.05) is 37.8 Å². The van der Waals surface area contributed by atoms with Crippen molar-refractivity contribution < 1.29 is 14.1 Å². The van der Waals surface area contributed by atoms with Crippen molar-refractivity contribution in [3.8, 4) is 17.1 Å². The van der Waals surface area contributed by atoms with Gasteiger partial charge in [-0.15, -0.1) is 0 Å². The van der Waals surface area contributed by atoms with Gasteiger partial charge in [0.05, 0.1) is 7.11 Å². The Morgan fingerprint density at radius 3 is 2.44 bits per heavy atom. The number of ether oxygens (including phenoxy) is 1. The van der Waals surface area contributed by atoms with Crippen LogP contribution in [0.4, 0.5) is 5.82 Å². The van der Waals surface area contributed by atoms with E-state index < -0.39 is 0 Å². The molecule has 1 aromatic carbocycles. The summed E-state index contributed by atoms with van der Waals surface area (Å²) in [6.45, 7) is 3.15. The fourth-order valence-electron chi connectivity index (χ4n) is 3.82. The zero-order valence-corrected chi connectivity index (χ0v) is 15.7. The first-order valence-corrected chi connectivity index (χ1v) is 9.61. The molecule has 7 nitrogen and oxygen atoms in total. The van der Waals surface area contributed by atoms with Crippen LogP contribution < -0.4 is 15.4 Å². The molecule has 2 N–H and O–H groups in total. The molecule has 2 aliphatic heterocycles. The number of carbonyl (C=O) groups is 1. The predicted molar refractivity (Wildman–Crippen MR) is 103 cm³/mol. The average Bonchev–Trinajstić information content (AvgIpc) is 3.37. The van der Waals surface area contributed by atoms with Crippen molar-refractivity contribution in [3.05, 3.63) is 29.8 Å². The van der Waals surface area contributed by atoms with Crippen LogP contribution >= 0.6 is 0 Å². The summed E-state index contributed by atoms with van der Waals surface area (Å²) in [5.74, 6) is 1.93. The van der Waals surface area contributed by atoms with Gasteiger partial charge < -0.3 is 24.8 Å². The SMILES string of the molecule is COc1ccc(-c2onc(N3CCCC3)c2C(=O)N2CCC(N)CC2)cc1. The number of likely N-dealkylation sites (tertiary alicyclic amines) is 1. The topological polar surface area (TPSA) is 84.8 Å². The molecule has 0 unspecified atom stereocenters. The summed E-state index contributed by atoms with van der Waals surface area (Å²) in [5, 5.41) is 4.30. The van der Waals surface area contributed by atoms with Crippen LogP contribution in [0.15, 0.2) is 28.8 Å². The predicted octanol–water partition coefficient (Wildman–Crippen LogP) is 2.51. The van der Waals surface area contributed by atoms with Crippen molar-refractivity contribution in [2.45, 2.75) is 31.7 Å². The van der Waals surface area contributed by atoms with Crippen LogP contribution in [-0.4, -0.2) is 55.3 Å². The first-order valence-electron chi connectivity index (χ1n) is 9.61. The van der Waals surface area contributed by atoms with Crippen LogP contribution in [0.25, 0.3) is 11.3 Å². The maximum atomic E-state index is 13.4. The normalized spacial score (nSPS) is 18.1. The minimum absolute atomic E-state index is 0.0177. The number of nitrogens with two attached hydrogens (primary N) is 1. The third kappa shape index (κ3) is 3.51. The van der Waals surface area contributed by atoms with Gasteiger partial charge in [-0.1, -0.05) is 5.16 Å². The summed E-state index contributed by atoms with van der Waals surface area (Å²) in [6, 6.07) is 7.70. The van der Waals surface area contributed by atoms with E-state index in [2.05, 4.69) is 10.1 Å². The lowest BCUT2D eigenvalue weighted by molar-refractivity contribution is 0.0715. The number of benzene rings is 1. The van der Waals surface area contributed by atoms with Crippen LogP contribution in [0.5, 0.6) is 5.75 Å². The number of piperidine rings is 1. The van der Waals surface area contributed by atoms with E-state index in [1.54, 1.807) is 7.11 Å². The van der Waals surface area contributed by atoms with Crippen LogP contribution in [0.3, 0.4) is 0 Å². The van der Waals surface area contributed by atoms with E-state index in [0.29, 0.717) is 30.2 Å². The zero-order chi connectivity index (χ0) is 18.8. The van der Waals surface area contributed by atoms with E-state index in [1.165, 1.54) is 0 Å².